The number of rotatable bonds is 4. The number of carbonyl (C=O) groups excluding carboxylic acids is 3. The highest BCUT2D eigenvalue weighted by atomic mass is 16.6. The van der Waals surface area contributed by atoms with Crippen LogP contribution in [0.5, 0.6) is 0 Å². The standard InChI is InChI=1S/C14H12N4O6/c1-2-24-14(21)11-9-10(15-16-11)13(20)17(12(9)19)7-3-5-8(6-4-7)18(22)23/h3-6,9-10,15H,2H2,1H3. The second-order valence-corrected chi connectivity index (χ2v) is 5.09. The summed E-state index contributed by atoms with van der Waals surface area (Å²) in [6.45, 7) is 1.73. The summed E-state index contributed by atoms with van der Waals surface area (Å²) >= 11 is 0. The Bertz CT molecular complexity index is 772. The highest BCUT2D eigenvalue weighted by Gasteiger charge is 2.55. The van der Waals surface area contributed by atoms with Crippen LogP contribution in [0.25, 0.3) is 0 Å². The monoisotopic (exact) mass is 332 g/mol. The molecule has 2 unspecified atom stereocenters. The fraction of sp³-hybridized carbons (Fsp3) is 0.286. The van der Waals surface area contributed by atoms with E-state index in [0.717, 1.165) is 4.90 Å². The normalized spacial score (nSPS) is 22.0. The Kier molecular flexibility index (Phi) is 3.72. The molecule has 24 heavy (non-hydrogen) atoms. The van der Waals surface area contributed by atoms with E-state index >= 15 is 0 Å². The summed E-state index contributed by atoms with van der Waals surface area (Å²) < 4.78 is 4.83. The number of carbonyl (C=O) groups is 3. The zero-order valence-electron chi connectivity index (χ0n) is 12.5. The van der Waals surface area contributed by atoms with Crippen LogP contribution in [-0.2, 0) is 19.1 Å². The number of non-ortho nitro benzene ring substituents is 1. The molecule has 10 heteroatoms. The number of hydrogen-bond acceptors (Lipinski definition) is 8. The van der Waals surface area contributed by atoms with E-state index in [4.69, 9.17) is 4.74 Å². The molecule has 0 spiro atoms. The first-order valence-corrected chi connectivity index (χ1v) is 7.08. The molecule has 2 heterocycles. The molecule has 1 aromatic carbocycles. The van der Waals surface area contributed by atoms with Gasteiger partial charge in [0.2, 0.25) is 5.91 Å². The number of anilines is 1. The van der Waals surface area contributed by atoms with Gasteiger partial charge in [0.15, 0.2) is 5.71 Å². The van der Waals surface area contributed by atoms with Gasteiger partial charge in [-0.25, -0.2) is 9.69 Å². The number of benzene rings is 1. The quantitative estimate of drug-likeness (QED) is 0.354. The number of hydrogen-bond donors (Lipinski definition) is 1. The molecule has 1 N–H and O–H groups in total. The first-order valence-electron chi connectivity index (χ1n) is 7.08. The van der Waals surface area contributed by atoms with Crippen LogP contribution < -0.4 is 10.3 Å². The molecule has 0 aliphatic carbocycles. The SMILES string of the molecule is CCOC(=O)C1=NNC2C(=O)N(c3ccc([N+](=O)[O-])cc3)C(=O)C12. The molecule has 124 valence electrons. The smallest absolute Gasteiger partial charge is 0.355 e. The summed E-state index contributed by atoms with van der Waals surface area (Å²) in [6, 6.07) is 4.01. The number of esters is 1. The van der Waals surface area contributed by atoms with Gasteiger partial charge in [-0.1, -0.05) is 0 Å². The second kappa shape index (κ2) is 5.72. The van der Waals surface area contributed by atoms with E-state index in [-0.39, 0.29) is 23.7 Å². The van der Waals surface area contributed by atoms with Gasteiger partial charge in [-0.05, 0) is 19.1 Å². The fourth-order valence-corrected chi connectivity index (χ4v) is 2.64. The summed E-state index contributed by atoms with van der Waals surface area (Å²) in [5, 5.41) is 14.4. The largest absolute Gasteiger partial charge is 0.461 e. The van der Waals surface area contributed by atoms with Crippen LogP contribution in [-0.4, -0.2) is 41.1 Å². The third kappa shape index (κ3) is 2.28. The molecule has 0 aromatic heterocycles. The predicted octanol–water partition coefficient (Wildman–Crippen LogP) is -0.0249. The van der Waals surface area contributed by atoms with Crippen molar-refractivity contribution in [3.63, 3.8) is 0 Å². The predicted molar refractivity (Wildman–Crippen MR) is 80.1 cm³/mol. The summed E-state index contributed by atoms with van der Waals surface area (Å²) in [6.07, 6.45) is 0. The topological polar surface area (TPSA) is 131 Å². The first kappa shape index (κ1) is 15.6. The number of hydrazone groups is 1. The Morgan fingerprint density at radius 2 is 2.00 bits per heavy atom. The van der Waals surface area contributed by atoms with E-state index in [9.17, 15) is 24.5 Å². The van der Waals surface area contributed by atoms with Crippen LogP contribution in [0, 0.1) is 16.0 Å². The minimum absolute atomic E-state index is 0.115. The number of nitro benzene ring substituents is 1. The van der Waals surface area contributed by atoms with Gasteiger partial charge in [0.05, 0.1) is 17.2 Å². The lowest BCUT2D eigenvalue weighted by Crippen LogP contribution is -2.36. The average molecular weight is 332 g/mol. The highest BCUT2D eigenvalue weighted by molar-refractivity contribution is 6.46. The molecule has 2 aliphatic heterocycles. The Hall–Kier alpha value is -3.30. The van der Waals surface area contributed by atoms with Gasteiger partial charge in [0.1, 0.15) is 12.0 Å². The van der Waals surface area contributed by atoms with Crippen molar-refractivity contribution in [3.05, 3.63) is 34.4 Å². The number of imide groups is 1. The molecule has 3 rings (SSSR count). The van der Waals surface area contributed by atoms with Crippen molar-refractivity contribution in [1.82, 2.24) is 5.43 Å². The molecule has 0 radical (unpaired) electrons. The van der Waals surface area contributed by atoms with Gasteiger partial charge in [0.25, 0.3) is 11.6 Å². The maximum absolute atomic E-state index is 12.6. The van der Waals surface area contributed by atoms with Gasteiger partial charge in [-0.3, -0.25) is 25.1 Å². The Morgan fingerprint density at radius 3 is 2.58 bits per heavy atom. The summed E-state index contributed by atoms with van der Waals surface area (Å²) in [7, 11) is 0. The number of fused-ring (bicyclic) bond motifs is 1. The maximum atomic E-state index is 12.6. The van der Waals surface area contributed by atoms with Gasteiger partial charge in [-0.15, -0.1) is 0 Å². The molecule has 0 bridgehead atoms. The van der Waals surface area contributed by atoms with Gasteiger partial charge >= 0.3 is 5.97 Å². The second-order valence-electron chi connectivity index (χ2n) is 5.09. The summed E-state index contributed by atoms with van der Waals surface area (Å²) in [5.41, 5.74) is 2.36. The van der Waals surface area contributed by atoms with E-state index in [0.29, 0.717) is 0 Å². The third-order valence-electron chi connectivity index (χ3n) is 3.73. The van der Waals surface area contributed by atoms with Crippen LogP contribution in [0.4, 0.5) is 11.4 Å². The van der Waals surface area contributed by atoms with Crippen LogP contribution >= 0.6 is 0 Å². The van der Waals surface area contributed by atoms with Crippen LogP contribution in [0.2, 0.25) is 0 Å². The number of ether oxygens (including phenoxy) is 1. The number of nitro groups is 1. The van der Waals surface area contributed by atoms with Crippen molar-refractivity contribution in [2.24, 2.45) is 11.0 Å². The number of amides is 2. The molecule has 1 saturated heterocycles. The Balaban J connectivity index is 1.89. The zero-order chi connectivity index (χ0) is 17.4. The molecular weight excluding hydrogens is 320 g/mol. The van der Waals surface area contributed by atoms with Crippen LogP contribution in [0.1, 0.15) is 6.92 Å². The molecule has 2 amide bonds. The minimum atomic E-state index is -1.06. The molecular formula is C14H12N4O6. The van der Waals surface area contributed by atoms with Crippen molar-refractivity contribution >= 4 is 34.9 Å². The highest BCUT2D eigenvalue weighted by Crippen LogP contribution is 2.31. The molecule has 2 atom stereocenters. The lowest BCUT2D eigenvalue weighted by Gasteiger charge is -2.15. The third-order valence-corrected chi connectivity index (χ3v) is 3.73. The summed E-state index contributed by atoms with van der Waals surface area (Å²) in [4.78, 5) is 47.8. The first-order chi connectivity index (χ1) is 11.5. The van der Waals surface area contributed by atoms with E-state index in [2.05, 4.69) is 10.5 Å². The molecule has 10 nitrogen and oxygen atoms in total. The number of nitrogens with zero attached hydrogens (tertiary/aromatic N) is 3. The van der Waals surface area contributed by atoms with Gasteiger partial charge < -0.3 is 4.74 Å². The van der Waals surface area contributed by atoms with E-state index in [1.165, 1.54) is 24.3 Å². The van der Waals surface area contributed by atoms with Crippen LogP contribution in [0.15, 0.2) is 29.4 Å². The molecule has 2 aliphatic rings. The van der Waals surface area contributed by atoms with Crippen molar-refractivity contribution in [1.29, 1.82) is 0 Å². The average Bonchev–Trinajstić information content (AvgIpc) is 3.09. The van der Waals surface area contributed by atoms with Crippen molar-refractivity contribution < 1.29 is 24.0 Å². The molecule has 0 saturated carbocycles. The minimum Gasteiger partial charge on any atom is -0.461 e. The number of nitrogens with one attached hydrogen (secondary N) is 1. The lowest BCUT2D eigenvalue weighted by atomic mass is 9.99. The lowest BCUT2D eigenvalue weighted by molar-refractivity contribution is -0.384. The molecule has 1 aromatic rings. The zero-order valence-corrected chi connectivity index (χ0v) is 12.5. The van der Waals surface area contributed by atoms with Crippen molar-refractivity contribution in [3.8, 4) is 0 Å². The fourth-order valence-electron chi connectivity index (χ4n) is 2.64. The van der Waals surface area contributed by atoms with Gasteiger partial charge in [0, 0.05) is 12.1 Å². The van der Waals surface area contributed by atoms with Crippen molar-refractivity contribution in [2.75, 3.05) is 11.5 Å². The molecule has 1 fully saturated rings. The van der Waals surface area contributed by atoms with E-state index in [1.54, 1.807) is 6.92 Å². The van der Waals surface area contributed by atoms with E-state index < -0.39 is 34.7 Å². The Morgan fingerprint density at radius 1 is 1.33 bits per heavy atom. The van der Waals surface area contributed by atoms with Crippen molar-refractivity contribution in [2.45, 2.75) is 13.0 Å². The van der Waals surface area contributed by atoms with E-state index in [1.807, 2.05) is 0 Å². The van der Waals surface area contributed by atoms with Gasteiger partial charge in [-0.2, -0.15) is 5.10 Å². The Labute approximate surface area is 135 Å². The summed E-state index contributed by atoms with van der Waals surface area (Å²) in [5.74, 6) is -3.03. The maximum Gasteiger partial charge on any atom is 0.355 e. The van der Waals surface area contributed by atoms with Crippen LogP contribution in [0.3, 0.4) is 0 Å².